The second-order valence-electron chi connectivity index (χ2n) is 8.80. The Labute approximate surface area is 213 Å². The predicted molar refractivity (Wildman–Crippen MR) is 148 cm³/mol. The topological polar surface area (TPSA) is 56.5 Å². The summed E-state index contributed by atoms with van der Waals surface area (Å²) in [5.74, 6) is 1.79. The van der Waals surface area contributed by atoms with Gasteiger partial charge in [-0.3, -0.25) is 4.98 Å². The minimum absolute atomic E-state index is 0.552. The molecule has 7 aromatic rings. The molecule has 3 aromatic heterocycles. The molecule has 7 rings (SSSR count). The van der Waals surface area contributed by atoms with Gasteiger partial charge in [-0.25, -0.2) is 15.0 Å². The lowest BCUT2D eigenvalue weighted by atomic mass is 10.1. The van der Waals surface area contributed by atoms with Crippen molar-refractivity contribution in [2.24, 2.45) is 0 Å². The van der Waals surface area contributed by atoms with Gasteiger partial charge in [-0.15, -0.1) is 0 Å². The van der Waals surface area contributed by atoms with E-state index < -0.39 is 0 Å². The van der Waals surface area contributed by atoms with Crippen molar-refractivity contribution in [2.75, 3.05) is 0 Å². The van der Waals surface area contributed by atoms with E-state index >= 15 is 0 Å². The van der Waals surface area contributed by atoms with Gasteiger partial charge in [-0.05, 0) is 48.5 Å². The molecule has 4 aromatic carbocycles. The molecule has 3 heterocycles. The lowest BCUT2D eigenvalue weighted by molar-refractivity contribution is 1.06. The van der Waals surface area contributed by atoms with Crippen LogP contribution < -0.4 is 0 Å². The molecule has 5 heteroatoms. The predicted octanol–water partition coefficient (Wildman–Crippen LogP) is 7.36. The Morgan fingerprint density at radius 3 is 1.59 bits per heavy atom. The first-order chi connectivity index (χ1) is 18.3. The van der Waals surface area contributed by atoms with Crippen LogP contribution in [0.5, 0.6) is 0 Å². The summed E-state index contributed by atoms with van der Waals surface area (Å²) in [6.45, 7) is 0. The largest absolute Gasteiger partial charge is 0.309 e. The number of fused-ring (bicyclic) bond motifs is 3. The van der Waals surface area contributed by atoms with Gasteiger partial charge in [-0.2, -0.15) is 0 Å². The molecule has 37 heavy (non-hydrogen) atoms. The minimum Gasteiger partial charge on any atom is -0.309 e. The highest BCUT2D eigenvalue weighted by Gasteiger charge is 2.14. The Balaban J connectivity index is 1.37. The summed E-state index contributed by atoms with van der Waals surface area (Å²) in [6, 6.07) is 41.2. The highest BCUT2D eigenvalue weighted by molar-refractivity contribution is 6.09. The molecule has 0 aliphatic rings. The van der Waals surface area contributed by atoms with Crippen LogP contribution in [-0.4, -0.2) is 24.5 Å². The van der Waals surface area contributed by atoms with Gasteiger partial charge in [0.25, 0.3) is 0 Å². The van der Waals surface area contributed by atoms with Crippen molar-refractivity contribution in [3.63, 3.8) is 0 Å². The zero-order valence-corrected chi connectivity index (χ0v) is 19.9. The number of benzene rings is 4. The number of rotatable bonds is 4. The van der Waals surface area contributed by atoms with Crippen LogP contribution in [0.1, 0.15) is 0 Å². The number of para-hydroxylation sites is 2. The molecule has 0 saturated heterocycles. The summed E-state index contributed by atoms with van der Waals surface area (Å²) in [4.78, 5) is 18.8. The average molecular weight is 476 g/mol. The normalized spacial score (nSPS) is 11.2. The number of hydrogen-bond acceptors (Lipinski definition) is 4. The van der Waals surface area contributed by atoms with Crippen LogP contribution in [0.4, 0.5) is 0 Å². The lowest BCUT2D eigenvalue weighted by Crippen LogP contribution is -2.01. The van der Waals surface area contributed by atoms with Gasteiger partial charge in [0.1, 0.15) is 5.69 Å². The van der Waals surface area contributed by atoms with Crippen molar-refractivity contribution in [3.8, 4) is 40.0 Å². The zero-order valence-electron chi connectivity index (χ0n) is 19.9. The molecule has 0 aliphatic heterocycles. The zero-order chi connectivity index (χ0) is 24.6. The summed E-state index contributed by atoms with van der Waals surface area (Å²) in [7, 11) is 0. The van der Waals surface area contributed by atoms with Crippen molar-refractivity contribution in [1.29, 1.82) is 0 Å². The molecule has 5 nitrogen and oxygen atoms in total. The molecule has 0 aliphatic carbocycles. The van der Waals surface area contributed by atoms with Crippen LogP contribution in [0, 0.1) is 0 Å². The van der Waals surface area contributed by atoms with Crippen LogP contribution >= 0.6 is 0 Å². The molecule has 0 radical (unpaired) electrons. The first kappa shape index (κ1) is 21.1. The van der Waals surface area contributed by atoms with E-state index in [2.05, 4.69) is 82.3 Å². The quantitative estimate of drug-likeness (QED) is 0.267. The van der Waals surface area contributed by atoms with E-state index in [-0.39, 0.29) is 0 Å². The second-order valence-corrected chi connectivity index (χ2v) is 8.80. The maximum atomic E-state index is 4.83. The highest BCUT2D eigenvalue weighted by Crippen LogP contribution is 2.32. The Kier molecular flexibility index (Phi) is 5.03. The third-order valence-corrected chi connectivity index (χ3v) is 6.53. The van der Waals surface area contributed by atoms with Crippen LogP contribution in [0.25, 0.3) is 61.8 Å². The van der Waals surface area contributed by atoms with E-state index in [9.17, 15) is 0 Å². The molecule has 0 unspecified atom stereocenters. The minimum atomic E-state index is 0.552. The smallest absolute Gasteiger partial charge is 0.182 e. The molecule has 0 N–H and O–H groups in total. The molecule has 174 valence electrons. The molecule has 0 atom stereocenters. The first-order valence-corrected chi connectivity index (χ1v) is 12.2. The molecular formula is C32H21N5. The van der Waals surface area contributed by atoms with Crippen molar-refractivity contribution in [3.05, 3.63) is 128 Å². The highest BCUT2D eigenvalue weighted by atomic mass is 15.0. The van der Waals surface area contributed by atoms with E-state index in [1.54, 1.807) is 6.20 Å². The molecule has 0 spiro atoms. The van der Waals surface area contributed by atoms with E-state index in [1.165, 1.54) is 21.8 Å². The summed E-state index contributed by atoms with van der Waals surface area (Å²) < 4.78 is 2.30. The summed E-state index contributed by atoms with van der Waals surface area (Å²) in [5.41, 5.74) is 6.01. The van der Waals surface area contributed by atoms with Gasteiger partial charge >= 0.3 is 0 Å². The monoisotopic (exact) mass is 475 g/mol. The fourth-order valence-electron chi connectivity index (χ4n) is 4.79. The number of aromatic nitrogens is 5. The van der Waals surface area contributed by atoms with Crippen LogP contribution in [0.3, 0.4) is 0 Å². The van der Waals surface area contributed by atoms with Crippen LogP contribution in [0.15, 0.2) is 128 Å². The fourth-order valence-corrected chi connectivity index (χ4v) is 4.79. The Morgan fingerprint density at radius 2 is 0.973 bits per heavy atom. The second kappa shape index (κ2) is 8.81. The Morgan fingerprint density at radius 1 is 0.432 bits per heavy atom. The first-order valence-electron chi connectivity index (χ1n) is 12.2. The molecule has 0 amide bonds. The van der Waals surface area contributed by atoms with Crippen molar-refractivity contribution < 1.29 is 0 Å². The molecule has 0 bridgehead atoms. The third kappa shape index (κ3) is 3.74. The van der Waals surface area contributed by atoms with E-state index in [4.69, 9.17) is 15.0 Å². The molecular weight excluding hydrogens is 454 g/mol. The maximum Gasteiger partial charge on any atom is 0.182 e. The fraction of sp³-hybridized carbons (Fsp3) is 0. The summed E-state index contributed by atoms with van der Waals surface area (Å²) in [6.07, 6.45) is 1.75. The Bertz CT molecular complexity index is 1750. The summed E-state index contributed by atoms with van der Waals surface area (Å²) in [5, 5.41) is 2.49. The van der Waals surface area contributed by atoms with Gasteiger partial charge in [0.15, 0.2) is 17.5 Å². The number of nitrogens with zero attached hydrogens (tertiary/aromatic N) is 5. The standard InChI is InChI=1S/C32H21N5/c1-2-10-22(11-3-1)30-34-31(36-32(35-30)27-14-8-9-21-33-27)23-17-19-24(20-18-23)37-28-15-6-4-12-25(28)26-13-5-7-16-29(26)37/h1-21H. The lowest BCUT2D eigenvalue weighted by Gasteiger charge is -2.10. The number of hydrogen-bond donors (Lipinski definition) is 0. The van der Waals surface area contributed by atoms with Gasteiger partial charge in [-0.1, -0.05) is 72.8 Å². The molecule has 0 fully saturated rings. The van der Waals surface area contributed by atoms with E-state index in [0.29, 0.717) is 23.2 Å². The van der Waals surface area contributed by atoms with Gasteiger partial charge < -0.3 is 4.57 Å². The number of pyridine rings is 1. The van der Waals surface area contributed by atoms with Crippen LogP contribution in [-0.2, 0) is 0 Å². The van der Waals surface area contributed by atoms with Crippen LogP contribution in [0.2, 0.25) is 0 Å². The van der Waals surface area contributed by atoms with Gasteiger partial charge in [0.05, 0.1) is 11.0 Å². The van der Waals surface area contributed by atoms with E-state index in [1.807, 2.05) is 48.5 Å². The third-order valence-electron chi connectivity index (χ3n) is 6.53. The molecule has 0 saturated carbocycles. The SMILES string of the molecule is c1ccc(-c2nc(-c3ccc(-n4c5ccccc5c5ccccc54)cc3)nc(-c3ccccn3)n2)cc1. The summed E-state index contributed by atoms with van der Waals surface area (Å²) >= 11 is 0. The average Bonchev–Trinajstić information content (AvgIpc) is 3.32. The van der Waals surface area contributed by atoms with Gasteiger partial charge in [0.2, 0.25) is 0 Å². The van der Waals surface area contributed by atoms with Crippen molar-refractivity contribution in [2.45, 2.75) is 0 Å². The van der Waals surface area contributed by atoms with Gasteiger partial charge in [0, 0.05) is 33.8 Å². The Hall–Kier alpha value is -5.16. The maximum absolute atomic E-state index is 4.83. The van der Waals surface area contributed by atoms with Crippen molar-refractivity contribution >= 4 is 21.8 Å². The van der Waals surface area contributed by atoms with Crippen molar-refractivity contribution in [1.82, 2.24) is 24.5 Å². The van der Waals surface area contributed by atoms with E-state index in [0.717, 1.165) is 16.8 Å².